The van der Waals surface area contributed by atoms with E-state index in [-0.39, 0.29) is 10.8 Å². The smallest absolute Gasteiger partial charge is 0.330 e. The number of rotatable bonds is 4. The molecule has 0 spiro atoms. The standard InChI is InChI=1S/C14H11Cl2NO3/c15-9-2-1-3-10(7-9)17-13(14(19)20)8-4-5-12(18)11(16)6-8/h1-7,13,17-18H,(H,19,20). The SMILES string of the molecule is O=C(O)C(Nc1cccc(Cl)c1)c1ccc(O)c(Cl)c1. The van der Waals surface area contributed by atoms with Crippen molar-refractivity contribution in [1.82, 2.24) is 0 Å². The molecule has 0 bridgehead atoms. The number of phenolic OH excluding ortho intramolecular Hbond substituents is 1. The number of aliphatic carboxylic acids is 1. The Balaban J connectivity index is 2.32. The van der Waals surface area contributed by atoms with Crippen LogP contribution < -0.4 is 5.32 Å². The van der Waals surface area contributed by atoms with Gasteiger partial charge in [-0.15, -0.1) is 0 Å². The van der Waals surface area contributed by atoms with Crippen LogP contribution in [0.4, 0.5) is 5.69 Å². The summed E-state index contributed by atoms with van der Waals surface area (Å²) in [6, 6.07) is 10.0. The van der Waals surface area contributed by atoms with Crippen LogP contribution in [0.1, 0.15) is 11.6 Å². The van der Waals surface area contributed by atoms with Gasteiger partial charge in [0, 0.05) is 10.7 Å². The van der Waals surface area contributed by atoms with Gasteiger partial charge in [0.15, 0.2) is 6.04 Å². The Morgan fingerprint density at radius 2 is 1.90 bits per heavy atom. The maximum Gasteiger partial charge on any atom is 0.330 e. The predicted octanol–water partition coefficient (Wildman–Crippen LogP) is 3.94. The molecule has 0 fully saturated rings. The third-order valence-electron chi connectivity index (χ3n) is 2.69. The van der Waals surface area contributed by atoms with Gasteiger partial charge in [-0.1, -0.05) is 35.3 Å². The van der Waals surface area contributed by atoms with E-state index in [1.54, 1.807) is 24.3 Å². The summed E-state index contributed by atoms with van der Waals surface area (Å²) in [6.07, 6.45) is 0. The van der Waals surface area contributed by atoms with Crippen LogP contribution in [-0.2, 0) is 4.79 Å². The number of carboxylic acids is 1. The van der Waals surface area contributed by atoms with Crippen LogP contribution in [0.5, 0.6) is 5.75 Å². The van der Waals surface area contributed by atoms with Crippen molar-refractivity contribution in [3.63, 3.8) is 0 Å². The highest BCUT2D eigenvalue weighted by Gasteiger charge is 2.20. The third-order valence-corrected chi connectivity index (χ3v) is 3.23. The Bertz CT molecular complexity index is 646. The van der Waals surface area contributed by atoms with Gasteiger partial charge in [0.25, 0.3) is 0 Å². The van der Waals surface area contributed by atoms with E-state index < -0.39 is 12.0 Å². The second-order valence-corrected chi connectivity index (χ2v) is 4.98. The van der Waals surface area contributed by atoms with E-state index in [4.69, 9.17) is 23.2 Å². The van der Waals surface area contributed by atoms with E-state index in [0.29, 0.717) is 16.3 Å². The summed E-state index contributed by atoms with van der Waals surface area (Å²) in [5.41, 5.74) is 1.01. The van der Waals surface area contributed by atoms with Crippen molar-refractivity contribution in [2.24, 2.45) is 0 Å². The van der Waals surface area contributed by atoms with Crippen LogP contribution in [0, 0.1) is 0 Å². The zero-order chi connectivity index (χ0) is 14.7. The minimum Gasteiger partial charge on any atom is -0.506 e. The lowest BCUT2D eigenvalue weighted by Gasteiger charge is -2.17. The van der Waals surface area contributed by atoms with E-state index in [1.807, 2.05) is 0 Å². The number of aromatic hydroxyl groups is 1. The van der Waals surface area contributed by atoms with Gasteiger partial charge >= 0.3 is 5.97 Å². The predicted molar refractivity (Wildman–Crippen MR) is 78.6 cm³/mol. The Hall–Kier alpha value is -1.91. The molecule has 0 heterocycles. The molecule has 3 N–H and O–H groups in total. The molecule has 4 nitrogen and oxygen atoms in total. The lowest BCUT2D eigenvalue weighted by molar-refractivity contribution is -0.138. The lowest BCUT2D eigenvalue weighted by atomic mass is 10.1. The number of carbonyl (C=O) groups is 1. The fourth-order valence-electron chi connectivity index (χ4n) is 1.74. The van der Waals surface area contributed by atoms with E-state index in [9.17, 15) is 15.0 Å². The van der Waals surface area contributed by atoms with Gasteiger partial charge in [-0.25, -0.2) is 4.79 Å². The number of halogens is 2. The van der Waals surface area contributed by atoms with E-state index in [1.165, 1.54) is 18.2 Å². The highest BCUT2D eigenvalue weighted by atomic mass is 35.5. The molecule has 0 radical (unpaired) electrons. The molecule has 2 aromatic rings. The number of hydrogen-bond acceptors (Lipinski definition) is 3. The zero-order valence-electron chi connectivity index (χ0n) is 10.2. The number of nitrogens with one attached hydrogen (secondary N) is 1. The van der Waals surface area contributed by atoms with Gasteiger partial charge in [-0.2, -0.15) is 0 Å². The van der Waals surface area contributed by atoms with Crippen molar-refractivity contribution >= 4 is 34.9 Å². The summed E-state index contributed by atoms with van der Waals surface area (Å²) in [4.78, 5) is 11.4. The van der Waals surface area contributed by atoms with Crippen LogP contribution in [0.15, 0.2) is 42.5 Å². The largest absolute Gasteiger partial charge is 0.506 e. The maximum atomic E-state index is 11.4. The number of carboxylic acid groups (broad SMARTS) is 1. The number of hydrogen-bond donors (Lipinski definition) is 3. The Morgan fingerprint density at radius 3 is 2.50 bits per heavy atom. The summed E-state index contributed by atoms with van der Waals surface area (Å²) < 4.78 is 0. The number of anilines is 1. The molecule has 2 aromatic carbocycles. The normalized spacial score (nSPS) is 11.9. The number of benzene rings is 2. The van der Waals surface area contributed by atoms with Gasteiger partial charge < -0.3 is 15.5 Å². The van der Waals surface area contributed by atoms with Crippen molar-refractivity contribution in [2.45, 2.75) is 6.04 Å². The highest BCUT2D eigenvalue weighted by molar-refractivity contribution is 6.32. The molecule has 6 heteroatoms. The fourth-order valence-corrected chi connectivity index (χ4v) is 2.11. The zero-order valence-corrected chi connectivity index (χ0v) is 11.7. The summed E-state index contributed by atoms with van der Waals surface area (Å²) in [7, 11) is 0. The number of phenols is 1. The monoisotopic (exact) mass is 311 g/mol. The van der Waals surface area contributed by atoms with Gasteiger partial charge in [0.1, 0.15) is 5.75 Å². The molecule has 1 unspecified atom stereocenters. The minimum absolute atomic E-state index is 0.0951. The summed E-state index contributed by atoms with van der Waals surface area (Å²) in [6.45, 7) is 0. The Morgan fingerprint density at radius 1 is 1.15 bits per heavy atom. The molecule has 0 aliphatic rings. The summed E-state index contributed by atoms with van der Waals surface area (Å²) >= 11 is 11.7. The molecule has 0 aliphatic carbocycles. The van der Waals surface area contributed by atoms with Crippen LogP contribution in [0.3, 0.4) is 0 Å². The lowest BCUT2D eigenvalue weighted by Crippen LogP contribution is -2.20. The van der Waals surface area contributed by atoms with E-state index in [0.717, 1.165) is 0 Å². The molecular weight excluding hydrogens is 301 g/mol. The van der Waals surface area contributed by atoms with Gasteiger partial charge in [-0.3, -0.25) is 0 Å². The van der Waals surface area contributed by atoms with Crippen LogP contribution in [0.2, 0.25) is 10.0 Å². The first-order valence-corrected chi connectivity index (χ1v) is 6.46. The molecular formula is C14H11Cl2NO3. The minimum atomic E-state index is -1.06. The first-order valence-electron chi connectivity index (χ1n) is 5.70. The third kappa shape index (κ3) is 3.35. The van der Waals surface area contributed by atoms with Crippen molar-refractivity contribution in [2.75, 3.05) is 5.32 Å². The molecule has 0 saturated carbocycles. The van der Waals surface area contributed by atoms with Crippen molar-refractivity contribution in [3.05, 3.63) is 58.1 Å². The second-order valence-electron chi connectivity index (χ2n) is 4.14. The van der Waals surface area contributed by atoms with E-state index >= 15 is 0 Å². The Labute approximate surface area is 125 Å². The topological polar surface area (TPSA) is 69.6 Å². The van der Waals surface area contributed by atoms with Gasteiger partial charge in [0.2, 0.25) is 0 Å². The average molecular weight is 312 g/mol. The molecule has 0 aliphatic heterocycles. The molecule has 1 atom stereocenters. The first-order chi connectivity index (χ1) is 9.47. The average Bonchev–Trinajstić information content (AvgIpc) is 2.39. The molecule has 0 aromatic heterocycles. The van der Waals surface area contributed by atoms with Gasteiger partial charge in [0.05, 0.1) is 5.02 Å². The van der Waals surface area contributed by atoms with Crippen molar-refractivity contribution < 1.29 is 15.0 Å². The van der Waals surface area contributed by atoms with Crippen molar-refractivity contribution in [1.29, 1.82) is 0 Å². The fraction of sp³-hybridized carbons (Fsp3) is 0.0714. The first kappa shape index (κ1) is 14.5. The Kier molecular flexibility index (Phi) is 4.37. The van der Waals surface area contributed by atoms with E-state index in [2.05, 4.69) is 5.32 Å². The van der Waals surface area contributed by atoms with Crippen LogP contribution in [-0.4, -0.2) is 16.2 Å². The molecule has 2 rings (SSSR count). The van der Waals surface area contributed by atoms with Crippen LogP contribution in [0.25, 0.3) is 0 Å². The molecule has 0 amide bonds. The van der Waals surface area contributed by atoms with Crippen molar-refractivity contribution in [3.8, 4) is 5.75 Å². The summed E-state index contributed by atoms with van der Waals surface area (Å²) in [5.74, 6) is -1.16. The molecule has 20 heavy (non-hydrogen) atoms. The molecule has 0 saturated heterocycles. The van der Waals surface area contributed by atoms with Crippen LogP contribution >= 0.6 is 23.2 Å². The highest BCUT2D eigenvalue weighted by Crippen LogP contribution is 2.29. The quantitative estimate of drug-likeness (QED) is 0.800. The molecule has 104 valence electrons. The van der Waals surface area contributed by atoms with Gasteiger partial charge in [-0.05, 0) is 35.9 Å². The maximum absolute atomic E-state index is 11.4. The summed E-state index contributed by atoms with van der Waals surface area (Å²) in [5, 5.41) is 22.1. The second kappa shape index (κ2) is 6.03.